The van der Waals surface area contributed by atoms with Crippen molar-refractivity contribution in [3.05, 3.63) is 28.7 Å². The molecule has 0 spiro atoms. The van der Waals surface area contributed by atoms with E-state index in [2.05, 4.69) is 22.4 Å². The van der Waals surface area contributed by atoms with Crippen LogP contribution in [0.5, 0.6) is 0 Å². The van der Waals surface area contributed by atoms with Crippen molar-refractivity contribution >= 4 is 23.3 Å². The number of aryl methyl sites for hydroxylation is 1. The third kappa shape index (κ3) is 2.88. The molecule has 1 N–H and O–H groups in total. The number of hydrogen-bond acceptors (Lipinski definition) is 3. The highest BCUT2D eigenvalue weighted by molar-refractivity contribution is 6.31. The van der Waals surface area contributed by atoms with Gasteiger partial charge in [-0.25, -0.2) is 4.68 Å². The minimum atomic E-state index is -0.132. The second kappa shape index (κ2) is 5.76. The molecule has 0 aromatic carbocycles. The van der Waals surface area contributed by atoms with Crippen LogP contribution in [0.1, 0.15) is 37.2 Å². The van der Waals surface area contributed by atoms with Crippen LogP contribution in [0.25, 0.3) is 0 Å². The van der Waals surface area contributed by atoms with Crippen molar-refractivity contribution < 1.29 is 4.79 Å². The summed E-state index contributed by atoms with van der Waals surface area (Å²) in [6.07, 6.45) is 4.19. The molecule has 0 unspecified atom stereocenters. The van der Waals surface area contributed by atoms with E-state index < -0.39 is 0 Å². The molecule has 1 fully saturated rings. The van der Waals surface area contributed by atoms with E-state index in [9.17, 15) is 4.79 Å². The van der Waals surface area contributed by atoms with Crippen molar-refractivity contribution in [2.75, 3.05) is 5.32 Å². The summed E-state index contributed by atoms with van der Waals surface area (Å²) >= 11 is 6.10. The first-order chi connectivity index (χ1) is 10.5. The van der Waals surface area contributed by atoms with Crippen LogP contribution in [0.3, 0.4) is 0 Å². The van der Waals surface area contributed by atoms with Gasteiger partial charge >= 0.3 is 0 Å². The lowest BCUT2D eigenvalue weighted by Gasteiger charge is -2.15. The normalized spacial score (nSPS) is 15.8. The summed E-state index contributed by atoms with van der Waals surface area (Å²) < 4.78 is 3.52. The SMILES string of the molecule is Cc1nn(CC(=O)Nc2ccnn2[C@H](C)C2CC2)c(C)c1Cl. The third-order valence-electron chi connectivity index (χ3n) is 4.21. The van der Waals surface area contributed by atoms with Gasteiger partial charge in [0.05, 0.1) is 28.6 Å². The fourth-order valence-electron chi connectivity index (χ4n) is 2.66. The molecule has 0 radical (unpaired) electrons. The van der Waals surface area contributed by atoms with Crippen LogP contribution in [-0.2, 0) is 11.3 Å². The fraction of sp³-hybridized carbons (Fsp3) is 0.533. The molecule has 3 rings (SSSR count). The molecule has 1 aliphatic carbocycles. The zero-order valence-electron chi connectivity index (χ0n) is 13.0. The summed E-state index contributed by atoms with van der Waals surface area (Å²) in [5.74, 6) is 1.27. The van der Waals surface area contributed by atoms with E-state index in [1.807, 2.05) is 24.6 Å². The summed E-state index contributed by atoms with van der Waals surface area (Å²) in [5.41, 5.74) is 1.54. The van der Waals surface area contributed by atoms with Gasteiger partial charge in [-0.1, -0.05) is 11.6 Å². The van der Waals surface area contributed by atoms with Gasteiger partial charge in [0.15, 0.2) is 0 Å². The van der Waals surface area contributed by atoms with Crippen molar-refractivity contribution in [3.63, 3.8) is 0 Å². The summed E-state index contributed by atoms with van der Waals surface area (Å²) in [6, 6.07) is 2.14. The first-order valence-electron chi connectivity index (χ1n) is 7.50. The molecule has 22 heavy (non-hydrogen) atoms. The van der Waals surface area contributed by atoms with Gasteiger partial charge in [-0.05, 0) is 39.5 Å². The molecular formula is C15H20ClN5O. The van der Waals surface area contributed by atoms with E-state index in [1.165, 1.54) is 12.8 Å². The number of amides is 1. The first-order valence-corrected chi connectivity index (χ1v) is 7.88. The van der Waals surface area contributed by atoms with Gasteiger partial charge in [-0.3, -0.25) is 9.48 Å². The van der Waals surface area contributed by atoms with Gasteiger partial charge in [0.1, 0.15) is 12.4 Å². The Bertz CT molecular complexity index is 701. The molecule has 1 saturated carbocycles. The van der Waals surface area contributed by atoms with Crippen LogP contribution in [0.4, 0.5) is 5.82 Å². The van der Waals surface area contributed by atoms with Crippen molar-refractivity contribution in [2.24, 2.45) is 5.92 Å². The maximum atomic E-state index is 12.3. The van der Waals surface area contributed by atoms with Gasteiger partial charge in [0.25, 0.3) is 0 Å². The highest BCUT2D eigenvalue weighted by Gasteiger charge is 2.30. The molecule has 2 heterocycles. The second-order valence-corrected chi connectivity index (χ2v) is 6.31. The maximum Gasteiger partial charge on any atom is 0.247 e. The minimum Gasteiger partial charge on any atom is -0.309 e. The number of anilines is 1. The Labute approximate surface area is 134 Å². The van der Waals surface area contributed by atoms with Crippen molar-refractivity contribution in [1.29, 1.82) is 0 Å². The number of nitrogens with one attached hydrogen (secondary N) is 1. The Morgan fingerprint density at radius 2 is 2.23 bits per heavy atom. The van der Waals surface area contributed by atoms with E-state index in [4.69, 9.17) is 11.6 Å². The molecule has 2 aromatic heterocycles. The van der Waals surface area contributed by atoms with Gasteiger partial charge in [0.2, 0.25) is 5.91 Å². The average Bonchev–Trinajstić information content (AvgIpc) is 3.19. The van der Waals surface area contributed by atoms with Crippen LogP contribution in [0.15, 0.2) is 12.3 Å². The Morgan fingerprint density at radius 1 is 1.50 bits per heavy atom. The number of aromatic nitrogens is 4. The predicted octanol–water partition coefficient (Wildman–Crippen LogP) is 2.96. The lowest BCUT2D eigenvalue weighted by molar-refractivity contribution is -0.117. The molecule has 1 amide bonds. The molecule has 1 aliphatic rings. The third-order valence-corrected chi connectivity index (χ3v) is 4.76. The van der Waals surface area contributed by atoms with Crippen molar-refractivity contribution in [3.8, 4) is 0 Å². The van der Waals surface area contributed by atoms with Gasteiger partial charge in [-0.2, -0.15) is 10.2 Å². The molecule has 2 aromatic rings. The van der Waals surface area contributed by atoms with Crippen LogP contribution in [-0.4, -0.2) is 25.5 Å². The fourth-order valence-corrected chi connectivity index (χ4v) is 2.80. The Morgan fingerprint density at radius 3 is 2.82 bits per heavy atom. The van der Waals surface area contributed by atoms with Crippen LogP contribution >= 0.6 is 11.6 Å². The molecule has 118 valence electrons. The lowest BCUT2D eigenvalue weighted by Crippen LogP contribution is -2.23. The van der Waals surface area contributed by atoms with E-state index in [0.717, 1.165) is 17.2 Å². The molecule has 0 bridgehead atoms. The van der Waals surface area contributed by atoms with E-state index in [1.54, 1.807) is 10.9 Å². The molecule has 1 atom stereocenters. The minimum absolute atomic E-state index is 0.132. The van der Waals surface area contributed by atoms with Crippen LogP contribution in [0.2, 0.25) is 5.02 Å². The number of rotatable bonds is 5. The van der Waals surface area contributed by atoms with Crippen molar-refractivity contribution in [1.82, 2.24) is 19.6 Å². The first kappa shape index (κ1) is 15.1. The summed E-state index contributed by atoms with van der Waals surface area (Å²) in [4.78, 5) is 12.3. The number of carbonyl (C=O) groups is 1. The summed E-state index contributed by atoms with van der Waals surface area (Å²) in [6.45, 7) is 5.97. The second-order valence-electron chi connectivity index (χ2n) is 5.93. The van der Waals surface area contributed by atoms with Crippen molar-refractivity contribution in [2.45, 2.75) is 46.2 Å². The van der Waals surface area contributed by atoms with E-state index in [0.29, 0.717) is 17.0 Å². The Kier molecular flexibility index (Phi) is 3.95. The number of hydrogen-bond donors (Lipinski definition) is 1. The summed E-state index contributed by atoms with van der Waals surface area (Å²) in [5, 5.41) is 12.1. The number of carbonyl (C=O) groups excluding carboxylic acids is 1. The van der Waals surface area contributed by atoms with Gasteiger partial charge < -0.3 is 5.32 Å². The van der Waals surface area contributed by atoms with Crippen LogP contribution in [0, 0.1) is 19.8 Å². The maximum absolute atomic E-state index is 12.3. The Balaban J connectivity index is 1.69. The van der Waals surface area contributed by atoms with E-state index >= 15 is 0 Å². The molecule has 0 saturated heterocycles. The van der Waals surface area contributed by atoms with E-state index in [-0.39, 0.29) is 12.5 Å². The van der Waals surface area contributed by atoms with Crippen LogP contribution < -0.4 is 5.32 Å². The largest absolute Gasteiger partial charge is 0.309 e. The Hall–Kier alpha value is -1.82. The predicted molar refractivity (Wildman–Crippen MR) is 85.0 cm³/mol. The molecule has 6 nitrogen and oxygen atoms in total. The smallest absolute Gasteiger partial charge is 0.247 e. The topological polar surface area (TPSA) is 64.7 Å². The lowest BCUT2D eigenvalue weighted by atomic mass is 10.2. The highest BCUT2D eigenvalue weighted by atomic mass is 35.5. The zero-order valence-corrected chi connectivity index (χ0v) is 13.8. The number of halogens is 1. The molecular weight excluding hydrogens is 302 g/mol. The summed E-state index contributed by atoms with van der Waals surface area (Å²) in [7, 11) is 0. The van der Waals surface area contributed by atoms with Gasteiger partial charge in [0, 0.05) is 6.07 Å². The van der Waals surface area contributed by atoms with Gasteiger partial charge in [-0.15, -0.1) is 0 Å². The highest BCUT2D eigenvalue weighted by Crippen LogP contribution is 2.40. The zero-order chi connectivity index (χ0) is 15.9. The quantitative estimate of drug-likeness (QED) is 0.920. The monoisotopic (exact) mass is 321 g/mol. The molecule has 0 aliphatic heterocycles. The molecule has 7 heteroatoms. The average molecular weight is 322 g/mol. The number of nitrogens with zero attached hydrogens (tertiary/aromatic N) is 4. The standard InChI is InChI=1S/C15H20ClN5O/c1-9-15(16)11(3)20(19-9)8-14(22)18-13-6-7-17-21(13)10(2)12-4-5-12/h6-7,10,12H,4-5,8H2,1-3H3,(H,18,22)/t10-/m1/s1.